The minimum Gasteiger partial charge on any atom is -0.394 e. The zero-order chi connectivity index (χ0) is 28.8. The lowest BCUT2D eigenvalue weighted by Crippen LogP contribution is -2.60. The van der Waals surface area contributed by atoms with Crippen LogP contribution >= 0.6 is 0 Å². The summed E-state index contributed by atoms with van der Waals surface area (Å²) in [6.07, 6.45) is 3.39. The number of aliphatic hydroxyl groups excluding tert-OH is 5. The topological polar surface area (TPSA) is 123 Å². The lowest BCUT2D eigenvalue weighted by atomic mass is 9.51. The van der Waals surface area contributed by atoms with Gasteiger partial charge < -0.3 is 35.0 Å². The Labute approximate surface area is 245 Å². The van der Waals surface area contributed by atoms with Gasteiger partial charge in [0.2, 0.25) is 0 Å². The summed E-state index contributed by atoms with van der Waals surface area (Å²) in [7, 11) is 0. The maximum absolute atomic E-state index is 11.6. The van der Waals surface area contributed by atoms with Crippen molar-refractivity contribution in [3.8, 4) is 0 Å². The maximum Gasteiger partial charge on any atom is 0.186 e. The van der Waals surface area contributed by atoms with Crippen molar-refractivity contribution in [3.05, 3.63) is 0 Å². The van der Waals surface area contributed by atoms with Crippen LogP contribution in [-0.4, -0.2) is 99.1 Å². The summed E-state index contributed by atoms with van der Waals surface area (Å²) in [5.74, 6) is 6.23. The molecule has 8 heteroatoms. The van der Waals surface area contributed by atoms with Crippen molar-refractivity contribution in [1.29, 1.82) is 0 Å². The Balaban J connectivity index is 1.06. The van der Waals surface area contributed by atoms with Gasteiger partial charge in [-0.2, -0.15) is 0 Å². The summed E-state index contributed by atoms with van der Waals surface area (Å²) in [5, 5.41) is 52.1. The van der Waals surface area contributed by atoms with Crippen molar-refractivity contribution in [2.75, 3.05) is 19.7 Å². The highest BCUT2D eigenvalue weighted by atomic mass is 16.7. The van der Waals surface area contributed by atoms with Crippen LogP contribution in [0.1, 0.15) is 78.6 Å². The summed E-state index contributed by atoms with van der Waals surface area (Å²) in [6, 6.07) is 0.787. The predicted octanol–water partition coefficient (Wildman–Crippen LogP) is 2.39. The molecule has 3 saturated heterocycles. The van der Waals surface area contributed by atoms with Gasteiger partial charge >= 0.3 is 0 Å². The normalized spacial score (nSPS) is 59.0. The molecule has 0 bridgehead atoms. The van der Waals surface area contributed by atoms with Gasteiger partial charge in [0.25, 0.3) is 0 Å². The first-order chi connectivity index (χ1) is 19.6. The molecule has 1 unspecified atom stereocenters. The number of ether oxygens (including phenoxy) is 2. The lowest BCUT2D eigenvalue weighted by Gasteiger charge is -2.57. The third-order valence-corrected chi connectivity index (χ3v) is 14.1. The van der Waals surface area contributed by atoms with E-state index in [4.69, 9.17) is 9.47 Å². The van der Waals surface area contributed by atoms with Gasteiger partial charge in [-0.25, -0.2) is 0 Å². The van der Waals surface area contributed by atoms with Crippen LogP contribution in [0, 0.1) is 58.7 Å². The van der Waals surface area contributed by atoms with Crippen LogP contribution in [-0.2, 0) is 9.47 Å². The van der Waals surface area contributed by atoms with E-state index in [0.717, 1.165) is 60.8 Å². The van der Waals surface area contributed by atoms with Crippen molar-refractivity contribution >= 4 is 0 Å². The fourth-order valence-electron chi connectivity index (χ4n) is 12.1. The smallest absolute Gasteiger partial charge is 0.186 e. The number of rotatable bonds is 3. The number of aliphatic hydroxyl groups is 5. The number of piperidine rings is 2. The molecule has 0 aromatic heterocycles. The fraction of sp³-hybridized carbons (Fsp3) is 1.00. The van der Waals surface area contributed by atoms with Gasteiger partial charge in [0.05, 0.1) is 18.8 Å². The van der Waals surface area contributed by atoms with Crippen LogP contribution in [0.5, 0.6) is 0 Å². The fourth-order valence-corrected chi connectivity index (χ4v) is 12.1. The molecule has 5 N–H and O–H groups in total. The molecule has 0 aromatic carbocycles. The summed E-state index contributed by atoms with van der Waals surface area (Å²) in [5.41, 5.74) is 0.0763. The van der Waals surface area contributed by atoms with Gasteiger partial charge in [-0.05, 0) is 116 Å². The Kier molecular flexibility index (Phi) is 7.84. The standard InChI is InChI=1S/C33H55NO7/c1-16-4-7-26-17(2)19-5-6-20-21(23(19)14-34(26)13-16)11-24-22(20)12-27(36)25-10-18(8-9-33(24,25)3)40-32-31(39)30(38)29(37)28(15-35)41-32/h16-32,35-39H,4-15H2,1-3H3/t16-,17+,18-,19?,20+,21+,22-,23+,24-,25+,26-,27+,28+,29+,30-,31+,32+,33+/m0/s1. The van der Waals surface area contributed by atoms with Crippen LogP contribution < -0.4 is 0 Å². The Morgan fingerprint density at radius 2 is 1.56 bits per heavy atom. The predicted molar refractivity (Wildman–Crippen MR) is 152 cm³/mol. The summed E-state index contributed by atoms with van der Waals surface area (Å²) < 4.78 is 11.9. The van der Waals surface area contributed by atoms with Gasteiger partial charge in [-0.3, -0.25) is 4.90 Å². The van der Waals surface area contributed by atoms with Crippen LogP contribution in [0.3, 0.4) is 0 Å². The molecule has 0 aromatic rings. The van der Waals surface area contributed by atoms with E-state index >= 15 is 0 Å². The number of hydrogen-bond acceptors (Lipinski definition) is 8. The SMILES string of the molecule is C[C@H]1CC[C@H]2[C@H](C)C3CC[C@@H]4[C@@H](C[C@H]5[C@H]4C[C@@H](O)[C@H]4C[C@@H](O[C@@H]6O[C@H](CO)[C@@H](O)[C@H](O)[C@H]6O)CC[C@@]45C)[C@@H]3CN2C1. The second-order valence-corrected chi connectivity index (χ2v) is 15.9. The Bertz CT molecular complexity index is 949. The summed E-state index contributed by atoms with van der Waals surface area (Å²) >= 11 is 0. The first-order valence-electron chi connectivity index (χ1n) is 17.0. The van der Waals surface area contributed by atoms with Gasteiger partial charge in [0, 0.05) is 19.1 Å². The Morgan fingerprint density at radius 3 is 2.34 bits per heavy atom. The molecular weight excluding hydrogens is 522 g/mol. The van der Waals surface area contributed by atoms with E-state index in [9.17, 15) is 25.5 Å². The zero-order valence-electron chi connectivity index (χ0n) is 25.3. The van der Waals surface area contributed by atoms with E-state index in [1.165, 1.54) is 45.2 Å². The minimum absolute atomic E-state index is 0.0763. The molecule has 18 atom stereocenters. The summed E-state index contributed by atoms with van der Waals surface area (Å²) in [4.78, 5) is 2.88. The van der Waals surface area contributed by atoms with Gasteiger partial charge in [-0.1, -0.05) is 20.8 Å². The lowest BCUT2D eigenvalue weighted by molar-refractivity contribution is -0.317. The van der Waals surface area contributed by atoms with Crippen LogP contribution in [0.4, 0.5) is 0 Å². The molecule has 4 saturated carbocycles. The molecule has 7 fully saturated rings. The molecule has 3 heterocycles. The number of fused-ring (bicyclic) bond motifs is 8. The molecule has 7 aliphatic rings. The molecular formula is C33H55NO7. The van der Waals surface area contributed by atoms with Gasteiger partial charge in [-0.15, -0.1) is 0 Å². The number of nitrogens with zero attached hydrogens (tertiary/aromatic N) is 1. The largest absolute Gasteiger partial charge is 0.394 e. The van der Waals surface area contributed by atoms with E-state index in [0.29, 0.717) is 18.3 Å². The third-order valence-electron chi connectivity index (χ3n) is 14.1. The molecule has 4 aliphatic carbocycles. The van der Waals surface area contributed by atoms with Gasteiger partial charge in [0.15, 0.2) is 6.29 Å². The minimum atomic E-state index is -1.43. The van der Waals surface area contributed by atoms with E-state index in [-0.39, 0.29) is 23.5 Å². The quantitative estimate of drug-likeness (QED) is 0.324. The van der Waals surface area contributed by atoms with Crippen LogP contribution in [0.25, 0.3) is 0 Å². The van der Waals surface area contributed by atoms with E-state index < -0.39 is 37.3 Å². The third kappa shape index (κ3) is 4.68. The molecule has 0 radical (unpaired) electrons. The van der Waals surface area contributed by atoms with E-state index in [1.807, 2.05) is 0 Å². The van der Waals surface area contributed by atoms with E-state index in [1.54, 1.807) is 0 Å². The highest BCUT2D eigenvalue weighted by Crippen LogP contribution is 2.67. The highest BCUT2D eigenvalue weighted by Gasteiger charge is 2.63. The first kappa shape index (κ1) is 29.4. The van der Waals surface area contributed by atoms with Crippen molar-refractivity contribution in [2.24, 2.45) is 58.7 Å². The average molecular weight is 578 g/mol. The van der Waals surface area contributed by atoms with Gasteiger partial charge in [0.1, 0.15) is 24.4 Å². The first-order valence-corrected chi connectivity index (χ1v) is 17.0. The zero-order valence-corrected chi connectivity index (χ0v) is 25.3. The van der Waals surface area contributed by atoms with Crippen LogP contribution in [0.2, 0.25) is 0 Å². The summed E-state index contributed by atoms with van der Waals surface area (Å²) in [6.45, 7) is 9.55. The monoisotopic (exact) mass is 577 g/mol. The number of hydrogen-bond donors (Lipinski definition) is 5. The second kappa shape index (κ2) is 10.9. The van der Waals surface area contributed by atoms with Crippen molar-refractivity contribution in [1.82, 2.24) is 4.90 Å². The van der Waals surface area contributed by atoms with Crippen LogP contribution in [0.15, 0.2) is 0 Å². The second-order valence-electron chi connectivity index (χ2n) is 15.9. The molecule has 0 spiro atoms. The molecule has 234 valence electrons. The molecule has 7 rings (SSSR count). The molecule has 41 heavy (non-hydrogen) atoms. The molecule has 0 amide bonds. The van der Waals surface area contributed by atoms with Crippen molar-refractivity contribution in [2.45, 2.75) is 128 Å². The van der Waals surface area contributed by atoms with Crippen molar-refractivity contribution < 1.29 is 35.0 Å². The van der Waals surface area contributed by atoms with Crippen molar-refractivity contribution in [3.63, 3.8) is 0 Å². The Morgan fingerprint density at radius 1 is 0.780 bits per heavy atom. The Hall–Kier alpha value is -0.320. The highest BCUT2D eigenvalue weighted by molar-refractivity contribution is 5.12. The molecule has 8 nitrogen and oxygen atoms in total. The van der Waals surface area contributed by atoms with E-state index in [2.05, 4.69) is 25.7 Å². The molecule has 3 aliphatic heterocycles. The average Bonchev–Trinajstić information content (AvgIpc) is 3.34. The maximum atomic E-state index is 11.6.